The SMILES string of the molecule is O=c1ccn(C2C(O)C(O)C(CO)C2(F)F)c(=O)[nH]1. The Hall–Kier alpha value is -1.58. The van der Waals surface area contributed by atoms with Crippen molar-refractivity contribution in [2.24, 2.45) is 5.92 Å². The highest BCUT2D eigenvalue weighted by Crippen LogP contribution is 2.47. The molecule has 0 aromatic carbocycles. The number of aromatic nitrogens is 2. The van der Waals surface area contributed by atoms with Gasteiger partial charge in [0.15, 0.2) is 0 Å². The van der Waals surface area contributed by atoms with Gasteiger partial charge in [-0.3, -0.25) is 14.3 Å². The summed E-state index contributed by atoms with van der Waals surface area (Å²) in [5.74, 6) is -5.58. The summed E-state index contributed by atoms with van der Waals surface area (Å²) in [6.07, 6.45) is -2.99. The molecule has 0 radical (unpaired) electrons. The summed E-state index contributed by atoms with van der Waals surface area (Å²) in [6.45, 7) is -1.04. The van der Waals surface area contributed by atoms with Crippen molar-refractivity contribution in [3.05, 3.63) is 33.1 Å². The third kappa shape index (κ3) is 1.99. The molecule has 7 nitrogen and oxygen atoms in total. The lowest BCUT2D eigenvalue weighted by Gasteiger charge is -2.25. The zero-order chi connectivity index (χ0) is 14.4. The number of aliphatic hydroxyl groups is 3. The molecule has 0 saturated heterocycles. The van der Waals surface area contributed by atoms with Gasteiger partial charge in [-0.25, -0.2) is 13.6 Å². The van der Waals surface area contributed by atoms with Crippen molar-refractivity contribution in [1.29, 1.82) is 0 Å². The molecule has 1 aromatic rings. The summed E-state index contributed by atoms with van der Waals surface area (Å²) < 4.78 is 28.5. The van der Waals surface area contributed by atoms with Crippen molar-refractivity contribution in [2.75, 3.05) is 6.61 Å². The topological polar surface area (TPSA) is 116 Å². The summed E-state index contributed by atoms with van der Waals surface area (Å²) in [4.78, 5) is 24.1. The summed E-state index contributed by atoms with van der Waals surface area (Å²) in [6, 6.07) is -1.20. The van der Waals surface area contributed by atoms with E-state index in [1.807, 2.05) is 0 Å². The van der Waals surface area contributed by atoms with Gasteiger partial charge in [0, 0.05) is 12.3 Å². The minimum atomic E-state index is -3.70. The van der Waals surface area contributed by atoms with Crippen LogP contribution in [0.15, 0.2) is 21.9 Å². The van der Waals surface area contributed by atoms with Crippen LogP contribution in [-0.2, 0) is 0 Å². The second kappa shape index (κ2) is 4.51. The van der Waals surface area contributed by atoms with Crippen LogP contribution >= 0.6 is 0 Å². The molecule has 1 fully saturated rings. The lowest BCUT2D eigenvalue weighted by Crippen LogP contribution is -2.42. The Morgan fingerprint density at radius 3 is 2.42 bits per heavy atom. The first-order valence-electron chi connectivity index (χ1n) is 5.47. The lowest BCUT2D eigenvalue weighted by atomic mass is 10.0. The Kier molecular flexibility index (Phi) is 3.29. The fourth-order valence-electron chi connectivity index (χ4n) is 2.33. The molecule has 2 rings (SSSR count). The average molecular weight is 278 g/mol. The van der Waals surface area contributed by atoms with Gasteiger partial charge in [-0.1, -0.05) is 0 Å². The predicted octanol–water partition coefficient (Wildman–Crippen LogP) is -1.94. The highest BCUT2D eigenvalue weighted by molar-refractivity contribution is 5.07. The number of nitrogens with one attached hydrogen (secondary N) is 1. The molecule has 1 aromatic heterocycles. The fraction of sp³-hybridized carbons (Fsp3) is 0.600. The number of H-pyrrole nitrogens is 1. The van der Waals surface area contributed by atoms with E-state index in [4.69, 9.17) is 5.11 Å². The number of hydrogen-bond donors (Lipinski definition) is 4. The number of halogens is 2. The molecule has 4 N–H and O–H groups in total. The Balaban J connectivity index is 2.55. The number of nitrogens with zero attached hydrogens (tertiary/aromatic N) is 1. The first-order chi connectivity index (χ1) is 8.80. The van der Waals surface area contributed by atoms with Crippen molar-refractivity contribution in [1.82, 2.24) is 9.55 Å². The standard InChI is InChI=1S/C10H12F2N2O5/c11-10(12)4(3-15)6(17)7(18)8(10)14-2-1-5(16)13-9(14)19/h1-2,4,6-8,15,17-18H,3H2,(H,13,16,19). The Morgan fingerprint density at radius 1 is 1.32 bits per heavy atom. The van der Waals surface area contributed by atoms with E-state index >= 15 is 0 Å². The van der Waals surface area contributed by atoms with Crippen LogP contribution in [-0.4, -0.2) is 49.6 Å². The van der Waals surface area contributed by atoms with E-state index in [2.05, 4.69) is 0 Å². The smallest absolute Gasteiger partial charge is 0.328 e. The molecule has 1 aliphatic carbocycles. The quantitative estimate of drug-likeness (QED) is 0.502. The molecule has 1 aliphatic rings. The van der Waals surface area contributed by atoms with Crippen LogP contribution in [0.3, 0.4) is 0 Å². The van der Waals surface area contributed by atoms with Crippen LogP contribution in [0.5, 0.6) is 0 Å². The highest BCUT2D eigenvalue weighted by atomic mass is 19.3. The highest BCUT2D eigenvalue weighted by Gasteiger charge is 2.63. The van der Waals surface area contributed by atoms with Gasteiger partial charge in [0.25, 0.3) is 11.5 Å². The summed E-state index contributed by atoms with van der Waals surface area (Å²) in [5, 5.41) is 28.0. The molecule has 4 atom stereocenters. The Labute approximate surface area is 104 Å². The largest absolute Gasteiger partial charge is 0.396 e. The molecule has 19 heavy (non-hydrogen) atoms. The monoisotopic (exact) mass is 278 g/mol. The van der Waals surface area contributed by atoms with Crippen LogP contribution in [0, 0.1) is 5.92 Å². The number of hydrogen-bond acceptors (Lipinski definition) is 5. The molecule has 0 aliphatic heterocycles. The number of alkyl halides is 2. The predicted molar refractivity (Wildman–Crippen MR) is 57.9 cm³/mol. The molecule has 0 bridgehead atoms. The van der Waals surface area contributed by atoms with Gasteiger partial charge < -0.3 is 15.3 Å². The van der Waals surface area contributed by atoms with E-state index in [9.17, 15) is 28.6 Å². The van der Waals surface area contributed by atoms with Gasteiger partial charge in [0.1, 0.15) is 12.1 Å². The Morgan fingerprint density at radius 2 is 1.95 bits per heavy atom. The van der Waals surface area contributed by atoms with Gasteiger partial charge >= 0.3 is 5.69 Å². The molecule has 1 saturated carbocycles. The minimum absolute atomic E-state index is 0.449. The molecule has 4 unspecified atom stereocenters. The molecule has 0 spiro atoms. The first-order valence-corrected chi connectivity index (χ1v) is 5.47. The van der Waals surface area contributed by atoms with Gasteiger partial charge in [0.2, 0.25) is 0 Å². The molecule has 9 heteroatoms. The molecular formula is C10H12F2N2O5. The van der Waals surface area contributed by atoms with Crippen molar-refractivity contribution in [3.63, 3.8) is 0 Å². The van der Waals surface area contributed by atoms with Gasteiger partial charge in [-0.15, -0.1) is 0 Å². The summed E-state index contributed by atoms with van der Waals surface area (Å²) in [5.41, 5.74) is -1.89. The minimum Gasteiger partial charge on any atom is -0.396 e. The number of aliphatic hydroxyl groups excluding tert-OH is 3. The summed E-state index contributed by atoms with van der Waals surface area (Å²) in [7, 11) is 0. The Bertz CT molecular complexity index is 584. The summed E-state index contributed by atoms with van der Waals surface area (Å²) >= 11 is 0. The third-order valence-electron chi connectivity index (χ3n) is 3.32. The van der Waals surface area contributed by atoms with Gasteiger partial charge in [0.05, 0.1) is 18.6 Å². The van der Waals surface area contributed by atoms with E-state index in [0.717, 1.165) is 12.3 Å². The van der Waals surface area contributed by atoms with E-state index < -0.39 is 47.9 Å². The third-order valence-corrected chi connectivity index (χ3v) is 3.32. The second-order valence-electron chi connectivity index (χ2n) is 4.41. The van der Waals surface area contributed by atoms with Crippen molar-refractivity contribution < 1.29 is 24.1 Å². The van der Waals surface area contributed by atoms with E-state index in [1.165, 1.54) is 0 Å². The van der Waals surface area contributed by atoms with E-state index in [-0.39, 0.29) is 0 Å². The van der Waals surface area contributed by atoms with Gasteiger partial charge in [-0.05, 0) is 0 Å². The average Bonchev–Trinajstić information content (AvgIpc) is 2.47. The van der Waals surface area contributed by atoms with Crippen molar-refractivity contribution in [3.8, 4) is 0 Å². The molecule has 106 valence electrons. The van der Waals surface area contributed by atoms with Gasteiger partial charge in [-0.2, -0.15) is 0 Å². The van der Waals surface area contributed by atoms with Crippen LogP contribution in [0.1, 0.15) is 6.04 Å². The van der Waals surface area contributed by atoms with E-state index in [1.54, 1.807) is 4.98 Å². The van der Waals surface area contributed by atoms with Crippen LogP contribution in [0.4, 0.5) is 8.78 Å². The number of rotatable bonds is 2. The molecular weight excluding hydrogens is 266 g/mol. The maximum atomic E-state index is 14.0. The number of aromatic amines is 1. The van der Waals surface area contributed by atoms with Crippen LogP contribution in [0.25, 0.3) is 0 Å². The molecule has 1 heterocycles. The van der Waals surface area contributed by atoms with Crippen molar-refractivity contribution in [2.45, 2.75) is 24.2 Å². The van der Waals surface area contributed by atoms with Crippen molar-refractivity contribution >= 4 is 0 Å². The zero-order valence-electron chi connectivity index (χ0n) is 9.53. The fourth-order valence-corrected chi connectivity index (χ4v) is 2.33. The second-order valence-corrected chi connectivity index (χ2v) is 4.41. The first kappa shape index (κ1) is 13.8. The zero-order valence-corrected chi connectivity index (χ0v) is 9.53. The maximum Gasteiger partial charge on any atom is 0.328 e. The lowest BCUT2D eigenvalue weighted by molar-refractivity contribution is -0.102. The maximum absolute atomic E-state index is 14.0. The molecule has 0 amide bonds. The van der Waals surface area contributed by atoms with Crippen LogP contribution < -0.4 is 11.2 Å². The van der Waals surface area contributed by atoms with Crippen LogP contribution in [0.2, 0.25) is 0 Å². The normalized spacial score (nSPS) is 33.5. The van der Waals surface area contributed by atoms with E-state index in [0.29, 0.717) is 4.57 Å².